The fraction of sp³-hybridized carbons (Fsp3) is 0.500. The van der Waals surface area contributed by atoms with Crippen molar-refractivity contribution in [3.63, 3.8) is 0 Å². The molecule has 94 valence electrons. The quantitative estimate of drug-likeness (QED) is 0.847. The lowest BCUT2D eigenvalue weighted by atomic mass is 10.1. The molecule has 6 nitrogen and oxygen atoms in total. The molecule has 1 aromatic heterocycles. The third-order valence-electron chi connectivity index (χ3n) is 2.57. The maximum atomic E-state index is 11.7. The van der Waals surface area contributed by atoms with E-state index in [-0.39, 0.29) is 0 Å². The number of thiazole rings is 1. The summed E-state index contributed by atoms with van der Waals surface area (Å²) in [5, 5.41) is 13.4. The number of aliphatic carboxylic acids is 1. The fourth-order valence-corrected chi connectivity index (χ4v) is 1.57. The van der Waals surface area contributed by atoms with E-state index in [4.69, 9.17) is 5.11 Å². The van der Waals surface area contributed by atoms with Crippen LogP contribution in [0, 0.1) is 0 Å². The summed E-state index contributed by atoms with van der Waals surface area (Å²) in [6, 6.07) is -0.439. The van der Waals surface area contributed by atoms with Gasteiger partial charge in [-0.3, -0.25) is 0 Å². The fourth-order valence-electron chi connectivity index (χ4n) is 1.01. The van der Waals surface area contributed by atoms with Crippen LogP contribution in [-0.4, -0.2) is 39.6 Å². The number of likely N-dealkylation sites (N-methyl/N-ethyl adjacent to an activating group) is 1. The summed E-state index contributed by atoms with van der Waals surface area (Å²) in [5.41, 5.74) is 1.18. The van der Waals surface area contributed by atoms with Gasteiger partial charge in [0.25, 0.3) is 0 Å². The van der Waals surface area contributed by atoms with Gasteiger partial charge >= 0.3 is 12.0 Å². The first-order valence-corrected chi connectivity index (χ1v) is 5.92. The molecule has 0 aliphatic carbocycles. The summed E-state index contributed by atoms with van der Waals surface area (Å²) in [7, 11) is 1.45. The molecule has 0 saturated heterocycles. The van der Waals surface area contributed by atoms with Crippen molar-refractivity contribution in [3.8, 4) is 0 Å². The van der Waals surface area contributed by atoms with Crippen molar-refractivity contribution in [1.29, 1.82) is 0 Å². The Balaban J connectivity index is 2.56. The van der Waals surface area contributed by atoms with Crippen molar-refractivity contribution < 1.29 is 14.7 Å². The van der Waals surface area contributed by atoms with Crippen molar-refractivity contribution in [2.24, 2.45) is 0 Å². The first kappa shape index (κ1) is 13.4. The molecule has 0 aliphatic rings. The molecule has 1 rings (SSSR count). The largest absolute Gasteiger partial charge is 0.480 e. The van der Waals surface area contributed by atoms with Gasteiger partial charge in [0.2, 0.25) is 0 Å². The molecule has 0 atom stereocenters. The molecule has 1 aromatic rings. The van der Waals surface area contributed by atoms with Crippen molar-refractivity contribution >= 4 is 23.3 Å². The van der Waals surface area contributed by atoms with Gasteiger partial charge in [-0.05, 0) is 13.8 Å². The standard InChI is InChI=1S/C10H15N3O3S/c1-10(2,8(14)15)13(3)9(16)11-4-7-5-17-6-12-7/h5-6H,4H2,1-3H3,(H,11,16)(H,14,15). The second-order valence-electron chi connectivity index (χ2n) is 4.06. The summed E-state index contributed by atoms with van der Waals surface area (Å²) < 4.78 is 0. The first-order chi connectivity index (χ1) is 7.85. The number of aromatic nitrogens is 1. The molecule has 0 unspecified atom stereocenters. The van der Waals surface area contributed by atoms with Gasteiger partial charge in [0.05, 0.1) is 17.7 Å². The van der Waals surface area contributed by atoms with Crippen LogP contribution in [0.5, 0.6) is 0 Å². The van der Waals surface area contributed by atoms with Crippen molar-refractivity contribution in [2.75, 3.05) is 7.05 Å². The van der Waals surface area contributed by atoms with Gasteiger partial charge in [-0.1, -0.05) is 0 Å². The zero-order valence-corrected chi connectivity index (χ0v) is 10.7. The van der Waals surface area contributed by atoms with Crippen molar-refractivity contribution in [3.05, 3.63) is 16.6 Å². The second-order valence-corrected chi connectivity index (χ2v) is 4.78. The van der Waals surface area contributed by atoms with Crippen LogP contribution in [0.3, 0.4) is 0 Å². The average Bonchev–Trinajstić information content (AvgIpc) is 2.77. The maximum absolute atomic E-state index is 11.7. The summed E-state index contributed by atoms with van der Waals surface area (Å²) in [6.07, 6.45) is 0. The van der Waals surface area contributed by atoms with Gasteiger partial charge in [-0.15, -0.1) is 11.3 Å². The summed E-state index contributed by atoms with van der Waals surface area (Å²) in [4.78, 5) is 27.9. The number of hydrogen-bond donors (Lipinski definition) is 2. The Labute approximate surface area is 103 Å². The van der Waals surface area contributed by atoms with Crippen molar-refractivity contribution in [1.82, 2.24) is 15.2 Å². The van der Waals surface area contributed by atoms with Crippen LogP contribution >= 0.6 is 11.3 Å². The maximum Gasteiger partial charge on any atom is 0.329 e. The van der Waals surface area contributed by atoms with E-state index in [1.54, 1.807) is 5.51 Å². The molecule has 0 fully saturated rings. The Morgan fingerprint density at radius 1 is 1.59 bits per heavy atom. The SMILES string of the molecule is CN(C(=O)NCc1cscn1)C(C)(C)C(=O)O. The van der Waals surface area contributed by atoms with Crippen LogP contribution in [0.15, 0.2) is 10.9 Å². The molecule has 17 heavy (non-hydrogen) atoms. The molecule has 7 heteroatoms. The molecule has 0 aliphatic heterocycles. The van der Waals surface area contributed by atoms with Crippen LogP contribution < -0.4 is 5.32 Å². The van der Waals surface area contributed by atoms with Gasteiger partial charge in [0.1, 0.15) is 5.54 Å². The van der Waals surface area contributed by atoms with Crippen LogP contribution in [0.4, 0.5) is 4.79 Å². The molecule has 0 radical (unpaired) electrons. The van der Waals surface area contributed by atoms with E-state index in [1.807, 2.05) is 5.38 Å². The first-order valence-electron chi connectivity index (χ1n) is 4.98. The predicted molar refractivity (Wildman–Crippen MR) is 63.8 cm³/mol. The van der Waals surface area contributed by atoms with E-state index in [2.05, 4.69) is 10.3 Å². The highest BCUT2D eigenvalue weighted by Crippen LogP contribution is 2.12. The van der Waals surface area contributed by atoms with Crippen LogP contribution in [0.2, 0.25) is 0 Å². The van der Waals surface area contributed by atoms with Gasteiger partial charge < -0.3 is 15.3 Å². The molecule has 2 N–H and O–H groups in total. The Kier molecular flexibility index (Phi) is 4.06. The monoisotopic (exact) mass is 257 g/mol. The highest BCUT2D eigenvalue weighted by molar-refractivity contribution is 7.07. The number of hydrogen-bond acceptors (Lipinski definition) is 4. The number of carboxylic acid groups (broad SMARTS) is 1. The van der Waals surface area contributed by atoms with Crippen molar-refractivity contribution in [2.45, 2.75) is 25.9 Å². The van der Waals surface area contributed by atoms with Gasteiger partial charge in [-0.2, -0.15) is 0 Å². The van der Waals surface area contributed by atoms with E-state index in [0.717, 1.165) is 10.6 Å². The molecule has 0 bridgehead atoms. The number of carboxylic acids is 1. The van der Waals surface area contributed by atoms with Crippen LogP contribution in [-0.2, 0) is 11.3 Å². The third-order valence-corrected chi connectivity index (χ3v) is 3.21. The summed E-state index contributed by atoms with van der Waals surface area (Å²) in [5.74, 6) is -1.05. The molecular weight excluding hydrogens is 242 g/mol. The number of amides is 2. The number of carbonyl (C=O) groups excluding carboxylic acids is 1. The van der Waals surface area contributed by atoms with E-state index in [9.17, 15) is 9.59 Å². The van der Waals surface area contributed by atoms with Gasteiger partial charge in [-0.25, -0.2) is 14.6 Å². The minimum Gasteiger partial charge on any atom is -0.480 e. The van der Waals surface area contributed by atoms with E-state index >= 15 is 0 Å². The Hall–Kier alpha value is -1.63. The molecule has 0 spiro atoms. The number of urea groups is 1. The minimum absolute atomic E-state index is 0.294. The number of carbonyl (C=O) groups is 2. The van der Waals surface area contributed by atoms with Crippen LogP contribution in [0.25, 0.3) is 0 Å². The second kappa shape index (κ2) is 5.13. The number of nitrogens with one attached hydrogen (secondary N) is 1. The highest BCUT2D eigenvalue weighted by atomic mass is 32.1. The average molecular weight is 257 g/mol. The molecule has 0 aromatic carbocycles. The molecular formula is C10H15N3O3S. The van der Waals surface area contributed by atoms with Gasteiger partial charge in [0.15, 0.2) is 0 Å². The Morgan fingerprint density at radius 2 is 2.24 bits per heavy atom. The Morgan fingerprint density at radius 3 is 2.71 bits per heavy atom. The summed E-state index contributed by atoms with van der Waals surface area (Å²) in [6.45, 7) is 3.23. The topological polar surface area (TPSA) is 82.5 Å². The van der Waals surface area contributed by atoms with E-state index < -0.39 is 17.5 Å². The third kappa shape index (κ3) is 3.16. The predicted octanol–water partition coefficient (Wildman–Crippen LogP) is 1.15. The zero-order chi connectivity index (χ0) is 13.1. The molecule has 2 amide bonds. The normalized spacial score (nSPS) is 11.0. The Bertz CT molecular complexity index is 403. The zero-order valence-electron chi connectivity index (χ0n) is 9.93. The lowest BCUT2D eigenvalue weighted by Crippen LogP contribution is -2.53. The van der Waals surface area contributed by atoms with E-state index in [1.165, 1.54) is 32.2 Å². The highest BCUT2D eigenvalue weighted by Gasteiger charge is 2.35. The summed E-state index contributed by atoms with van der Waals surface area (Å²) >= 11 is 1.44. The van der Waals surface area contributed by atoms with E-state index in [0.29, 0.717) is 6.54 Å². The lowest BCUT2D eigenvalue weighted by Gasteiger charge is -2.31. The molecule has 1 heterocycles. The minimum atomic E-state index is -1.24. The smallest absolute Gasteiger partial charge is 0.329 e. The molecule has 0 saturated carbocycles. The lowest BCUT2D eigenvalue weighted by molar-refractivity contribution is -0.146. The van der Waals surface area contributed by atoms with Crippen LogP contribution in [0.1, 0.15) is 19.5 Å². The van der Waals surface area contributed by atoms with Gasteiger partial charge in [0, 0.05) is 12.4 Å². The number of rotatable bonds is 4. The number of nitrogens with zero attached hydrogens (tertiary/aromatic N) is 2.